The van der Waals surface area contributed by atoms with Gasteiger partial charge >= 0.3 is 0 Å². The molecule has 22 heavy (non-hydrogen) atoms. The molecule has 2 heterocycles. The van der Waals surface area contributed by atoms with E-state index >= 15 is 0 Å². The van der Waals surface area contributed by atoms with Gasteiger partial charge in [0.2, 0.25) is 0 Å². The predicted molar refractivity (Wildman–Crippen MR) is 91.7 cm³/mol. The molecule has 1 aromatic rings. The SMILES string of the molecule is CS(=O)(=O)c1ccc(N2CCCCCC2)cc1N1CCCC1. The Morgan fingerprint density at radius 2 is 1.36 bits per heavy atom. The summed E-state index contributed by atoms with van der Waals surface area (Å²) in [6.45, 7) is 4.09. The summed E-state index contributed by atoms with van der Waals surface area (Å²) < 4.78 is 24.2. The fourth-order valence-corrected chi connectivity index (χ4v) is 4.43. The Morgan fingerprint density at radius 3 is 1.95 bits per heavy atom. The van der Waals surface area contributed by atoms with Crippen molar-refractivity contribution in [3.8, 4) is 0 Å². The molecule has 2 aliphatic heterocycles. The molecule has 0 amide bonds. The zero-order chi connectivity index (χ0) is 15.6. The van der Waals surface area contributed by atoms with E-state index in [0.29, 0.717) is 4.90 Å². The molecule has 2 aliphatic rings. The van der Waals surface area contributed by atoms with Crippen LogP contribution in [0, 0.1) is 0 Å². The van der Waals surface area contributed by atoms with Gasteiger partial charge in [0.05, 0.1) is 10.6 Å². The van der Waals surface area contributed by atoms with Gasteiger partial charge in [0, 0.05) is 38.1 Å². The van der Waals surface area contributed by atoms with Crippen molar-refractivity contribution < 1.29 is 8.42 Å². The average molecular weight is 322 g/mol. The van der Waals surface area contributed by atoms with Crippen molar-refractivity contribution in [1.82, 2.24) is 0 Å². The molecular weight excluding hydrogens is 296 g/mol. The lowest BCUT2D eigenvalue weighted by Gasteiger charge is -2.27. The molecule has 4 nitrogen and oxygen atoms in total. The summed E-state index contributed by atoms with van der Waals surface area (Å²) in [5.74, 6) is 0. The van der Waals surface area contributed by atoms with Crippen LogP contribution < -0.4 is 9.80 Å². The predicted octanol–water partition coefficient (Wildman–Crippen LogP) is 3.07. The van der Waals surface area contributed by atoms with Gasteiger partial charge in [-0.1, -0.05) is 12.8 Å². The first-order chi connectivity index (χ1) is 10.6. The lowest BCUT2D eigenvalue weighted by Crippen LogP contribution is -2.25. The van der Waals surface area contributed by atoms with Crippen molar-refractivity contribution in [1.29, 1.82) is 0 Å². The van der Waals surface area contributed by atoms with E-state index in [0.717, 1.165) is 44.7 Å². The van der Waals surface area contributed by atoms with E-state index in [9.17, 15) is 8.42 Å². The number of nitrogens with zero attached hydrogens (tertiary/aromatic N) is 2. The van der Waals surface area contributed by atoms with E-state index in [-0.39, 0.29) is 0 Å². The van der Waals surface area contributed by atoms with E-state index in [4.69, 9.17) is 0 Å². The maximum absolute atomic E-state index is 12.1. The number of rotatable bonds is 3. The number of hydrogen-bond acceptors (Lipinski definition) is 4. The third-order valence-electron chi connectivity index (χ3n) is 4.76. The van der Waals surface area contributed by atoms with Crippen molar-refractivity contribution in [2.45, 2.75) is 43.4 Å². The lowest BCUT2D eigenvalue weighted by molar-refractivity contribution is 0.601. The first-order valence-electron chi connectivity index (χ1n) is 8.40. The Hall–Kier alpha value is -1.23. The smallest absolute Gasteiger partial charge is 0.177 e. The summed E-state index contributed by atoms with van der Waals surface area (Å²) in [6, 6.07) is 5.90. The van der Waals surface area contributed by atoms with Gasteiger partial charge in [-0.15, -0.1) is 0 Å². The van der Waals surface area contributed by atoms with Crippen LogP contribution in [0.5, 0.6) is 0 Å². The molecule has 0 saturated carbocycles. The van der Waals surface area contributed by atoms with Crippen molar-refractivity contribution in [2.75, 3.05) is 42.2 Å². The standard InChI is InChI=1S/C17H26N2O2S/c1-22(20,21)17-9-8-15(18-10-4-2-3-5-11-18)14-16(17)19-12-6-7-13-19/h8-9,14H,2-7,10-13H2,1H3. The third kappa shape index (κ3) is 3.40. The number of hydrogen-bond donors (Lipinski definition) is 0. The maximum atomic E-state index is 12.1. The normalized spacial score (nSPS) is 20.2. The molecule has 0 atom stereocenters. The molecule has 5 heteroatoms. The third-order valence-corrected chi connectivity index (χ3v) is 5.90. The van der Waals surface area contributed by atoms with E-state index in [1.165, 1.54) is 37.6 Å². The summed E-state index contributed by atoms with van der Waals surface area (Å²) in [5.41, 5.74) is 2.08. The number of sulfone groups is 1. The second-order valence-corrected chi connectivity index (χ2v) is 8.50. The summed E-state index contributed by atoms with van der Waals surface area (Å²) in [7, 11) is -3.19. The molecule has 0 aliphatic carbocycles. The highest BCUT2D eigenvalue weighted by Crippen LogP contribution is 2.33. The van der Waals surface area contributed by atoms with Gasteiger partial charge in [0.15, 0.2) is 9.84 Å². The van der Waals surface area contributed by atoms with E-state index in [1.54, 1.807) is 0 Å². The molecule has 0 unspecified atom stereocenters. The van der Waals surface area contributed by atoms with Gasteiger partial charge in [-0.2, -0.15) is 0 Å². The minimum Gasteiger partial charge on any atom is -0.371 e. The molecule has 0 N–H and O–H groups in total. The highest BCUT2D eigenvalue weighted by Gasteiger charge is 2.22. The molecular formula is C17H26N2O2S. The van der Waals surface area contributed by atoms with Crippen molar-refractivity contribution in [2.24, 2.45) is 0 Å². The highest BCUT2D eigenvalue weighted by atomic mass is 32.2. The number of anilines is 2. The topological polar surface area (TPSA) is 40.6 Å². The van der Waals surface area contributed by atoms with E-state index < -0.39 is 9.84 Å². The second-order valence-electron chi connectivity index (χ2n) is 6.52. The fourth-order valence-electron chi connectivity index (χ4n) is 3.55. The van der Waals surface area contributed by atoms with Gasteiger partial charge in [0.25, 0.3) is 0 Å². The minimum absolute atomic E-state index is 0.480. The van der Waals surface area contributed by atoms with Gasteiger partial charge in [-0.3, -0.25) is 0 Å². The Labute approximate surface area is 134 Å². The van der Waals surface area contributed by atoms with Crippen LogP contribution in [-0.4, -0.2) is 40.9 Å². The summed E-state index contributed by atoms with van der Waals surface area (Å²) in [4.78, 5) is 5.13. The van der Waals surface area contributed by atoms with Crippen LogP contribution in [0.3, 0.4) is 0 Å². The lowest BCUT2D eigenvalue weighted by atomic mass is 10.2. The summed E-state index contributed by atoms with van der Waals surface area (Å²) in [6.07, 6.45) is 8.68. The van der Waals surface area contributed by atoms with Gasteiger partial charge in [0.1, 0.15) is 0 Å². The van der Waals surface area contributed by atoms with Gasteiger partial charge in [-0.05, 0) is 43.9 Å². The van der Waals surface area contributed by atoms with Crippen LogP contribution in [0.15, 0.2) is 23.1 Å². The van der Waals surface area contributed by atoms with Crippen LogP contribution in [0.25, 0.3) is 0 Å². The monoisotopic (exact) mass is 322 g/mol. The zero-order valence-electron chi connectivity index (χ0n) is 13.4. The fraction of sp³-hybridized carbons (Fsp3) is 0.647. The highest BCUT2D eigenvalue weighted by molar-refractivity contribution is 7.90. The van der Waals surface area contributed by atoms with Crippen molar-refractivity contribution in [3.05, 3.63) is 18.2 Å². The average Bonchev–Trinajstić information content (AvgIpc) is 2.88. The summed E-state index contributed by atoms with van der Waals surface area (Å²) in [5, 5.41) is 0. The Bertz CT molecular complexity index is 614. The molecule has 2 saturated heterocycles. The quantitative estimate of drug-likeness (QED) is 0.857. The summed E-state index contributed by atoms with van der Waals surface area (Å²) >= 11 is 0. The Balaban J connectivity index is 1.97. The van der Waals surface area contributed by atoms with E-state index in [1.807, 2.05) is 12.1 Å². The molecule has 2 fully saturated rings. The second kappa shape index (κ2) is 6.49. The Morgan fingerprint density at radius 1 is 0.818 bits per heavy atom. The molecule has 1 aromatic carbocycles. The zero-order valence-corrected chi connectivity index (χ0v) is 14.2. The molecule has 3 rings (SSSR count). The van der Waals surface area contributed by atoms with Crippen LogP contribution in [-0.2, 0) is 9.84 Å². The van der Waals surface area contributed by atoms with Gasteiger partial charge in [-0.25, -0.2) is 8.42 Å². The van der Waals surface area contributed by atoms with Crippen LogP contribution in [0.4, 0.5) is 11.4 Å². The van der Waals surface area contributed by atoms with Crippen molar-refractivity contribution in [3.63, 3.8) is 0 Å². The van der Waals surface area contributed by atoms with Crippen molar-refractivity contribution >= 4 is 21.2 Å². The number of benzene rings is 1. The van der Waals surface area contributed by atoms with Crippen LogP contribution >= 0.6 is 0 Å². The molecule has 122 valence electrons. The largest absolute Gasteiger partial charge is 0.371 e. The Kier molecular flexibility index (Phi) is 4.62. The maximum Gasteiger partial charge on any atom is 0.177 e. The van der Waals surface area contributed by atoms with Gasteiger partial charge < -0.3 is 9.80 Å². The van der Waals surface area contributed by atoms with E-state index in [2.05, 4.69) is 15.9 Å². The minimum atomic E-state index is -3.19. The molecule has 0 spiro atoms. The van der Waals surface area contributed by atoms with Crippen LogP contribution in [0.1, 0.15) is 38.5 Å². The first kappa shape index (κ1) is 15.7. The molecule has 0 radical (unpaired) electrons. The molecule has 0 aromatic heterocycles. The first-order valence-corrected chi connectivity index (χ1v) is 10.3. The van der Waals surface area contributed by atoms with Crippen LogP contribution in [0.2, 0.25) is 0 Å². The molecule has 0 bridgehead atoms.